The number of halogens is 4. The predicted molar refractivity (Wildman–Crippen MR) is 78.4 cm³/mol. The highest BCUT2D eigenvalue weighted by atomic mass is 79.9. The van der Waals surface area contributed by atoms with Crippen LogP contribution >= 0.6 is 63.7 Å². The van der Waals surface area contributed by atoms with E-state index in [0.29, 0.717) is 31.1 Å². The Bertz CT molecular complexity index is 149. The maximum absolute atomic E-state index is 3.83. The number of hydrogen-bond acceptors (Lipinski definition) is 0. The van der Waals surface area contributed by atoms with Crippen LogP contribution in [0.15, 0.2) is 0 Å². The van der Waals surface area contributed by atoms with Gasteiger partial charge in [-0.15, -0.1) is 0 Å². The van der Waals surface area contributed by atoms with Gasteiger partial charge in [-0.2, -0.15) is 0 Å². The van der Waals surface area contributed by atoms with Crippen molar-refractivity contribution in [2.75, 3.05) is 0 Å². The number of alkyl halides is 4. The summed E-state index contributed by atoms with van der Waals surface area (Å²) in [5, 5.41) is 0. The van der Waals surface area contributed by atoms with E-state index in [0.717, 1.165) is 0 Å². The summed E-state index contributed by atoms with van der Waals surface area (Å²) in [6, 6.07) is 0. The molecule has 4 heteroatoms. The van der Waals surface area contributed by atoms with E-state index in [2.05, 4.69) is 77.6 Å². The van der Waals surface area contributed by atoms with Gasteiger partial charge in [0, 0.05) is 19.3 Å². The smallest absolute Gasteiger partial charge is 0.0313 e. The van der Waals surface area contributed by atoms with Crippen molar-refractivity contribution >= 4 is 63.7 Å². The van der Waals surface area contributed by atoms with Gasteiger partial charge >= 0.3 is 0 Å². The maximum atomic E-state index is 3.83. The average molecular weight is 456 g/mol. The Kier molecular flexibility index (Phi) is 6.01. The first kappa shape index (κ1) is 14.0. The Hall–Kier alpha value is 1.92. The molecule has 1 aliphatic rings. The zero-order valence-electron chi connectivity index (χ0n) is 8.39. The van der Waals surface area contributed by atoms with Gasteiger partial charge in [-0.05, 0) is 11.8 Å². The molecule has 0 aromatic carbocycles. The summed E-state index contributed by atoms with van der Waals surface area (Å²) in [5.74, 6) is 1.40. The van der Waals surface area contributed by atoms with E-state index in [-0.39, 0.29) is 0 Å². The van der Waals surface area contributed by atoms with Crippen LogP contribution in [0.1, 0.15) is 26.7 Å². The van der Waals surface area contributed by atoms with Gasteiger partial charge in [-0.25, -0.2) is 0 Å². The van der Waals surface area contributed by atoms with Gasteiger partial charge < -0.3 is 0 Å². The zero-order chi connectivity index (χ0) is 10.9. The van der Waals surface area contributed by atoms with Gasteiger partial charge in [0.15, 0.2) is 0 Å². The first-order valence-electron chi connectivity index (χ1n) is 5.10. The highest BCUT2D eigenvalue weighted by molar-refractivity contribution is 9.13. The van der Waals surface area contributed by atoms with Crippen molar-refractivity contribution in [1.82, 2.24) is 0 Å². The lowest BCUT2D eigenvalue weighted by Crippen LogP contribution is -2.48. The molecule has 0 N–H and O–H groups in total. The minimum Gasteiger partial charge on any atom is -0.0875 e. The second kappa shape index (κ2) is 6.02. The Labute approximate surface area is 120 Å². The number of rotatable bonds is 2. The Morgan fingerprint density at radius 3 is 1.00 bits per heavy atom. The molecule has 4 unspecified atom stereocenters. The highest BCUT2D eigenvalue weighted by Crippen LogP contribution is 2.46. The molecule has 0 radical (unpaired) electrons. The van der Waals surface area contributed by atoms with Crippen LogP contribution in [0.4, 0.5) is 0 Å². The summed E-state index contributed by atoms with van der Waals surface area (Å²) >= 11 is 15.3. The maximum Gasteiger partial charge on any atom is 0.0313 e. The van der Waals surface area contributed by atoms with E-state index >= 15 is 0 Å². The Balaban J connectivity index is 2.81. The molecule has 1 aliphatic carbocycles. The van der Waals surface area contributed by atoms with Crippen LogP contribution in [0.5, 0.6) is 0 Å². The molecular formula is C10H16Br4. The van der Waals surface area contributed by atoms with Crippen molar-refractivity contribution in [2.45, 2.75) is 46.0 Å². The SMILES string of the molecule is CCC1C(Br)C(Br)C(CC)C(Br)C1Br. The lowest BCUT2D eigenvalue weighted by molar-refractivity contribution is 0.317. The van der Waals surface area contributed by atoms with E-state index in [9.17, 15) is 0 Å². The Morgan fingerprint density at radius 2 is 0.857 bits per heavy atom. The molecule has 1 fully saturated rings. The standard InChI is InChI=1S/C10H16Br4/c1-3-5-7(11)9(13)6(4-2)10(14)8(5)12/h5-10H,3-4H2,1-2H3. The van der Waals surface area contributed by atoms with Crippen LogP contribution in [0.2, 0.25) is 0 Å². The zero-order valence-corrected chi connectivity index (χ0v) is 14.7. The molecule has 14 heavy (non-hydrogen) atoms. The summed E-state index contributed by atoms with van der Waals surface area (Å²) in [5.41, 5.74) is 0. The normalized spacial score (nSPS) is 49.3. The molecule has 0 aliphatic heterocycles. The average Bonchev–Trinajstić information content (AvgIpc) is 2.17. The summed E-state index contributed by atoms with van der Waals surface area (Å²) < 4.78 is 0. The summed E-state index contributed by atoms with van der Waals surface area (Å²) in [6.45, 7) is 4.53. The molecule has 0 nitrogen and oxygen atoms in total. The summed E-state index contributed by atoms with van der Waals surface area (Å²) in [4.78, 5) is 2.32. The monoisotopic (exact) mass is 452 g/mol. The van der Waals surface area contributed by atoms with Gasteiger partial charge in [0.2, 0.25) is 0 Å². The van der Waals surface area contributed by atoms with Crippen molar-refractivity contribution in [1.29, 1.82) is 0 Å². The van der Waals surface area contributed by atoms with Crippen LogP contribution in [0.25, 0.3) is 0 Å². The predicted octanol–water partition coefficient (Wildman–Crippen LogP) is 5.11. The molecule has 4 atom stereocenters. The van der Waals surface area contributed by atoms with Gasteiger partial charge in [0.1, 0.15) is 0 Å². The van der Waals surface area contributed by atoms with Crippen molar-refractivity contribution in [2.24, 2.45) is 11.8 Å². The highest BCUT2D eigenvalue weighted by Gasteiger charge is 2.45. The Morgan fingerprint density at radius 1 is 0.643 bits per heavy atom. The van der Waals surface area contributed by atoms with Crippen molar-refractivity contribution in [3.05, 3.63) is 0 Å². The van der Waals surface area contributed by atoms with Crippen LogP contribution in [0, 0.1) is 11.8 Å². The van der Waals surface area contributed by atoms with E-state index in [1.807, 2.05) is 0 Å². The second-order valence-corrected chi connectivity index (χ2v) is 8.15. The molecule has 0 bridgehead atoms. The number of hydrogen-bond donors (Lipinski definition) is 0. The van der Waals surface area contributed by atoms with Gasteiger partial charge in [-0.1, -0.05) is 90.4 Å². The minimum absolute atomic E-state index is 0.579. The molecule has 1 rings (SSSR count). The molecule has 0 aromatic rings. The molecule has 0 saturated heterocycles. The van der Waals surface area contributed by atoms with E-state index in [1.54, 1.807) is 0 Å². The van der Waals surface area contributed by atoms with Crippen LogP contribution in [-0.2, 0) is 0 Å². The van der Waals surface area contributed by atoms with Crippen molar-refractivity contribution < 1.29 is 0 Å². The van der Waals surface area contributed by atoms with Crippen molar-refractivity contribution in [3.8, 4) is 0 Å². The fourth-order valence-corrected chi connectivity index (χ4v) is 7.39. The topological polar surface area (TPSA) is 0 Å². The molecule has 1 saturated carbocycles. The molecular weight excluding hydrogens is 440 g/mol. The summed E-state index contributed by atoms with van der Waals surface area (Å²) in [6.07, 6.45) is 2.43. The second-order valence-electron chi connectivity index (χ2n) is 3.92. The summed E-state index contributed by atoms with van der Waals surface area (Å²) in [7, 11) is 0. The molecule has 84 valence electrons. The third-order valence-corrected chi connectivity index (χ3v) is 9.60. The molecule has 0 aromatic heterocycles. The quantitative estimate of drug-likeness (QED) is 0.508. The van der Waals surface area contributed by atoms with Crippen LogP contribution in [0.3, 0.4) is 0 Å². The molecule has 0 heterocycles. The van der Waals surface area contributed by atoms with Gasteiger partial charge in [0.05, 0.1) is 0 Å². The third-order valence-electron chi connectivity index (χ3n) is 3.19. The molecule has 0 spiro atoms. The van der Waals surface area contributed by atoms with Crippen LogP contribution < -0.4 is 0 Å². The third kappa shape index (κ3) is 2.60. The first-order chi connectivity index (χ1) is 6.54. The van der Waals surface area contributed by atoms with Crippen molar-refractivity contribution in [3.63, 3.8) is 0 Å². The lowest BCUT2D eigenvalue weighted by atomic mass is 9.79. The largest absolute Gasteiger partial charge is 0.0875 e. The van der Waals surface area contributed by atoms with Gasteiger partial charge in [-0.3, -0.25) is 0 Å². The fourth-order valence-electron chi connectivity index (χ4n) is 2.20. The lowest BCUT2D eigenvalue weighted by Gasteiger charge is -2.44. The van der Waals surface area contributed by atoms with Gasteiger partial charge in [0.25, 0.3) is 0 Å². The first-order valence-corrected chi connectivity index (χ1v) is 8.77. The van der Waals surface area contributed by atoms with E-state index in [4.69, 9.17) is 0 Å². The fraction of sp³-hybridized carbons (Fsp3) is 1.00. The molecule has 0 amide bonds. The minimum atomic E-state index is 0.579. The van der Waals surface area contributed by atoms with E-state index in [1.165, 1.54) is 12.8 Å². The van der Waals surface area contributed by atoms with E-state index < -0.39 is 0 Å². The van der Waals surface area contributed by atoms with Crippen LogP contribution in [-0.4, -0.2) is 19.3 Å².